The zero-order chi connectivity index (χ0) is 27.7. The van der Waals surface area contributed by atoms with Crippen molar-refractivity contribution >= 4 is 40.7 Å². The Labute approximate surface area is 249 Å². The fraction of sp³-hybridized carbons (Fsp3) is 0.467. The number of likely N-dealkylation sites (N-methyl/N-ethyl adjacent to an activating group) is 1. The molecule has 2 heterocycles. The summed E-state index contributed by atoms with van der Waals surface area (Å²) in [6.07, 6.45) is 4.98. The van der Waals surface area contributed by atoms with Crippen molar-refractivity contribution in [2.24, 2.45) is 5.41 Å². The first-order chi connectivity index (χ1) is 19.4. The lowest BCUT2D eigenvalue weighted by molar-refractivity contribution is -0.116. The van der Waals surface area contributed by atoms with Crippen LogP contribution < -0.4 is 0 Å². The molecule has 1 saturated heterocycles. The van der Waals surface area contributed by atoms with Gasteiger partial charge in [0.25, 0.3) is 0 Å². The molecule has 0 unspecified atom stereocenters. The number of benzene rings is 2. The minimum atomic E-state index is 0.0413. The minimum absolute atomic E-state index is 0.0413. The normalized spacial score (nSPS) is 18.8. The van der Waals surface area contributed by atoms with E-state index in [1.807, 2.05) is 30.3 Å². The molecular weight excluding hydrogens is 563 g/mol. The molecule has 3 fully saturated rings. The standard InChI is InChI=1S/C30H32Cl2N6OS/c1-36-12-14-37(15-13-36)20-30(10-11-30)9-8-21-2-3-24(26(31)16-21)17-25(39)19-40-29-33-34-35-38(29)28-7-6-23(18-27(28)32)22-4-5-22/h2-3,6-7,16,18,22H,4-5,10-15,17,19-20H2,1H3. The molecule has 3 aliphatic rings. The number of ketones is 1. The Morgan fingerprint density at radius 2 is 1.88 bits per heavy atom. The van der Waals surface area contributed by atoms with Crippen LogP contribution in [0.3, 0.4) is 0 Å². The highest BCUT2D eigenvalue weighted by Gasteiger charge is 2.42. The third-order valence-corrected chi connectivity index (χ3v) is 9.57. The van der Waals surface area contributed by atoms with Gasteiger partial charge in [0, 0.05) is 55.1 Å². The van der Waals surface area contributed by atoms with Crippen LogP contribution in [0, 0.1) is 17.3 Å². The summed E-state index contributed by atoms with van der Waals surface area (Å²) in [5.74, 6) is 7.77. The maximum atomic E-state index is 12.8. The fourth-order valence-corrected chi connectivity index (χ4v) is 6.33. The number of hydrogen-bond donors (Lipinski definition) is 0. The lowest BCUT2D eigenvalue weighted by atomic mass is 10.0. The summed E-state index contributed by atoms with van der Waals surface area (Å²) in [7, 11) is 2.18. The quantitative estimate of drug-likeness (QED) is 0.251. The molecule has 0 spiro atoms. The molecule has 3 aromatic rings. The molecule has 7 nitrogen and oxygen atoms in total. The van der Waals surface area contributed by atoms with Crippen LogP contribution in [0.1, 0.15) is 48.3 Å². The molecule has 6 rings (SSSR count). The Bertz CT molecular complexity index is 1460. The van der Waals surface area contributed by atoms with E-state index in [1.165, 1.54) is 30.2 Å². The first-order valence-electron chi connectivity index (χ1n) is 13.8. The predicted octanol–water partition coefficient (Wildman–Crippen LogP) is 5.13. The number of Topliss-reactive ketones (excluding diaryl/α,β-unsaturated/α-hetero) is 1. The lowest BCUT2D eigenvalue weighted by Crippen LogP contribution is -2.46. The molecule has 0 bridgehead atoms. The predicted molar refractivity (Wildman–Crippen MR) is 160 cm³/mol. The van der Waals surface area contributed by atoms with Gasteiger partial charge in [-0.1, -0.05) is 58.9 Å². The summed E-state index contributed by atoms with van der Waals surface area (Å²) >= 11 is 14.4. The summed E-state index contributed by atoms with van der Waals surface area (Å²) in [5.41, 5.74) is 3.77. The third kappa shape index (κ3) is 6.72. The smallest absolute Gasteiger partial charge is 0.214 e. The number of carbonyl (C=O) groups is 1. The molecule has 0 atom stereocenters. The maximum absolute atomic E-state index is 12.8. The van der Waals surface area contributed by atoms with Gasteiger partial charge in [0.05, 0.1) is 16.5 Å². The summed E-state index contributed by atoms with van der Waals surface area (Å²) < 4.78 is 1.59. The number of rotatable bonds is 9. The van der Waals surface area contributed by atoms with Crippen LogP contribution in [-0.2, 0) is 11.2 Å². The highest BCUT2D eigenvalue weighted by atomic mass is 35.5. The Kier molecular flexibility index (Phi) is 8.21. The molecular formula is C30H32Cl2N6OS. The van der Waals surface area contributed by atoms with Gasteiger partial charge in [-0.25, -0.2) is 0 Å². The molecule has 10 heteroatoms. The first-order valence-corrected chi connectivity index (χ1v) is 15.6. The molecule has 2 saturated carbocycles. The SMILES string of the molecule is CN1CCN(CC2(C#Cc3ccc(CC(=O)CSc4nnnn4-c4ccc(C5CC5)cc4Cl)c(Cl)c3)CC2)CC1. The number of aromatic nitrogens is 4. The van der Waals surface area contributed by atoms with Crippen molar-refractivity contribution in [1.82, 2.24) is 30.0 Å². The fourth-order valence-electron chi connectivity index (χ4n) is 5.07. The van der Waals surface area contributed by atoms with E-state index in [1.54, 1.807) is 4.68 Å². The highest BCUT2D eigenvalue weighted by Crippen LogP contribution is 2.46. The maximum Gasteiger partial charge on any atom is 0.214 e. The molecule has 1 aromatic heterocycles. The van der Waals surface area contributed by atoms with Crippen LogP contribution in [-0.4, -0.2) is 81.3 Å². The Morgan fingerprint density at radius 1 is 1.07 bits per heavy atom. The van der Waals surface area contributed by atoms with Crippen molar-refractivity contribution in [2.75, 3.05) is 45.5 Å². The van der Waals surface area contributed by atoms with Gasteiger partial charge in [-0.05, 0) is 84.5 Å². The van der Waals surface area contributed by atoms with Crippen LogP contribution in [0.15, 0.2) is 41.6 Å². The van der Waals surface area contributed by atoms with Crippen molar-refractivity contribution in [3.05, 3.63) is 63.1 Å². The third-order valence-electron chi connectivity index (χ3n) is 7.94. The molecule has 0 radical (unpaired) electrons. The summed E-state index contributed by atoms with van der Waals surface area (Å²) in [6, 6.07) is 11.8. The van der Waals surface area contributed by atoms with Gasteiger partial charge in [-0.3, -0.25) is 9.69 Å². The highest BCUT2D eigenvalue weighted by molar-refractivity contribution is 7.99. The van der Waals surface area contributed by atoms with E-state index in [0.29, 0.717) is 26.8 Å². The largest absolute Gasteiger partial charge is 0.304 e. The van der Waals surface area contributed by atoms with Gasteiger partial charge >= 0.3 is 0 Å². The number of carbonyl (C=O) groups excluding carboxylic acids is 1. The van der Waals surface area contributed by atoms with E-state index in [9.17, 15) is 4.79 Å². The molecule has 2 aliphatic carbocycles. The first kappa shape index (κ1) is 27.7. The van der Waals surface area contributed by atoms with Crippen LogP contribution >= 0.6 is 35.0 Å². The van der Waals surface area contributed by atoms with Crippen molar-refractivity contribution in [2.45, 2.75) is 43.2 Å². The second-order valence-corrected chi connectivity index (χ2v) is 13.0. The van der Waals surface area contributed by atoms with Crippen LogP contribution in [0.2, 0.25) is 10.0 Å². The molecule has 40 heavy (non-hydrogen) atoms. The van der Waals surface area contributed by atoms with Crippen molar-refractivity contribution in [1.29, 1.82) is 0 Å². The average Bonchev–Trinajstić information content (AvgIpc) is 3.88. The van der Waals surface area contributed by atoms with Gasteiger partial charge in [-0.2, -0.15) is 4.68 Å². The van der Waals surface area contributed by atoms with Crippen molar-refractivity contribution in [3.63, 3.8) is 0 Å². The zero-order valence-electron chi connectivity index (χ0n) is 22.6. The summed E-state index contributed by atoms with van der Waals surface area (Å²) in [4.78, 5) is 17.8. The van der Waals surface area contributed by atoms with Gasteiger partial charge in [-0.15, -0.1) is 5.10 Å². The summed E-state index contributed by atoms with van der Waals surface area (Å²) in [6.45, 7) is 5.52. The zero-order valence-corrected chi connectivity index (χ0v) is 24.9. The van der Waals surface area contributed by atoms with E-state index in [0.717, 1.165) is 56.7 Å². The average molecular weight is 596 g/mol. The second kappa shape index (κ2) is 11.8. The molecule has 1 aliphatic heterocycles. The Balaban J connectivity index is 1.04. The second-order valence-electron chi connectivity index (χ2n) is 11.3. The molecule has 2 aromatic carbocycles. The molecule has 208 valence electrons. The number of tetrazole rings is 1. The number of piperazine rings is 1. The number of thioether (sulfide) groups is 1. The molecule has 0 N–H and O–H groups in total. The molecule has 0 amide bonds. The van der Waals surface area contributed by atoms with Crippen LogP contribution in [0.4, 0.5) is 0 Å². The van der Waals surface area contributed by atoms with Gasteiger partial charge in [0.15, 0.2) is 0 Å². The van der Waals surface area contributed by atoms with Crippen molar-refractivity contribution in [3.8, 4) is 17.5 Å². The van der Waals surface area contributed by atoms with Crippen molar-refractivity contribution < 1.29 is 4.79 Å². The topological polar surface area (TPSA) is 67.2 Å². The van der Waals surface area contributed by atoms with E-state index >= 15 is 0 Å². The van der Waals surface area contributed by atoms with Crippen LogP contribution in [0.5, 0.6) is 0 Å². The number of halogens is 2. The van der Waals surface area contributed by atoms with Gasteiger partial charge < -0.3 is 4.90 Å². The minimum Gasteiger partial charge on any atom is -0.304 e. The van der Waals surface area contributed by atoms with Gasteiger partial charge in [0.2, 0.25) is 5.16 Å². The number of nitrogens with zero attached hydrogens (tertiary/aromatic N) is 6. The van der Waals surface area contributed by atoms with Crippen LogP contribution in [0.25, 0.3) is 5.69 Å². The summed E-state index contributed by atoms with van der Waals surface area (Å²) in [5, 5.41) is 13.7. The van der Waals surface area contributed by atoms with E-state index in [-0.39, 0.29) is 23.4 Å². The van der Waals surface area contributed by atoms with E-state index < -0.39 is 0 Å². The van der Waals surface area contributed by atoms with E-state index in [2.05, 4.69) is 50.3 Å². The van der Waals surface area contributed by atoms with Gasteiger partial charge in [0.1, 0.15) is 5.78 Å². The lowest BCUT2D eigenvalue weighted by Gasteiger charge is -2.33. The van der Waals surface area contributed by atoms with E-state index in [4.69, 9.17) is 23.2 Å². The Morgan fingerprint density at radius 3 is 2.58 bits per heavy atom. The Hall–Kier alpha value is -2.41. The monoisotopic (exact) mass is 594 g/mol. The number of hydrogen-bond acceptors (Lipinski definition) is 7.